The van der Waals surface area contributed by atoms with Gasteiger partial charge in [0, 0.05) is 44.7 Å². The summed E-state index contributed by atoms with van der Waals surface area (Å²) in [5.74, 6) is 0.875. The van der Waals surface area contributed by atoms with E-state index in [1.165, 1.54) is 10.8 Å². The molecule has 0 amide bonds. The second kappa shape index (κ2) is 14.0. The highest BCUT2D eigenvalue weighted by Gasteiger charge is 2.23. The van der Waals surface area contributed by atoms with Gasteiger partial charge in [-0.1, -0.05) is 152 Å². The lowest BCUT2D eigenvalue weighted by atomic mass is 9.93. The molecule has 0 bridgehead atoms. The molecule has 11 aromatic rings. The van der Waals surface area contributed by atoms with Crippen LogP contribution in [0, 0.1) is 0 Å². The van der Waals surface area contributed by atoms with Crippen molar-refractivity contribution in [3.63, 3.8) is 0 Å². The van der Waals surface area contributed by atoms with Crippen molar-refractivity contribution in [3.8, 4) is 72.8 Å². The summed E-state index contributed by atoms with van der Waals surface area (Å²) in [5, 5.41) is 2.37. The summed E-state index contributed by atoms with van der Waals surface area (Å²) in [6, 6.07) is 73.1. The third-order valence-corrected chi connectivity index (χ3v) is 11.2. The van der Waals surface area contributed by atoms with Crippen molar-refractivity contribution in [1.29, 1.82) is 0 Å². The van der Waals surface area contributed by atoms with Gasteiger partial charge < -0.3 is 4.98 Å². The molecule has 3 aromatic heterocycles. The summed E-state index contributed by atoms with van der Waals surface area (Å²) >= 11 is 0. The third-order valence-electron chi connectivity index (χ3n) is 11.2. The highest BCUT2D eigenvalue weighted by atomic mass is 15.1. The molecular formula is C54H36N4. The Morgan fingerprint density at radius 2 is 1.00 bits per heavy atom. The fourth-order valence-electron chi connectivity index (χ4n) is 8.47. The van der Waals surface area contributed by atoms with Crippen molar-refractivity contribution in [3.05, 3.63) is 212 Å². The highest BCUT2D eigenvalue weighted by Crippen LogP contribution is 2.42. The fourth-order valence-corrected chi connectivity index (χ4v) is 8.47. The van der Waals surface area contributed by atoms with Crippen molar-refractivity contribution >= 4 is 32.8 Å². The number of nitrogens with one attached hydrogen (secondary N) is 1. The molecule has 272 valence electrons. The number of H-pyrrole nitrogens is 1. The van der Waals surface area contributed by atoms with E-state index in [1.54, 1.807) is 0 Å². The van der Waals surface area contributed by atoms with E-state index in [0.717, 1.165) is 94.9 Å². The van der Waals surface area contributed by atoms with Crippen LogP contribution in [0.5, 0.6) is 0 Å². The van der Waals surface area contributed by atoms with Gasteiger partial charge in [0.2, 0.25) is 0 Å². The Balaban J connectivity index is 1.19. The van der Waals surface area contributed by atoms with Gasteiger partial charge in [-0.25, -0.2) is 4.98 Å². The first kappa shape index (κ1) is 33.5. The monoisotopic (exact) mass is 740 g/mol. The average molecular weight is 741 g/mol. The normalized spacial score (nSPS) is 11.4. The maximum Gasteiger partial charge on any atom is 0.147 e. The molecule has 4 nitrogen and oxygen atoms in total. The Labute approximate surface area is 336 Å². The van der Waals surface area contributed by atoms with Gasteiger partial charge in [-0.2, -0.15) is 0 Å². The summed E-state index contributed by atoms with van der Waals surface area (Å²) in [7, 11) is 0. The number of aromatic nitrogens is 4. The van der Waals surface area contributed by atoms with Crippen molar-refractivity contribution in [1.82, 2.24) is 19.5 Å². The molecular weight excluding hydrogens is 705 g/mol. The molecule has 0 aliphatic heterocycles. The number of rotatable bonds is 7. The van der Waals surface area contributed by atoms with Gasteiger partial charge in [-0.15, -0.1) is 0 Å². The summed E-state index contributed by atoms with van der Waals surface area (Å²) in [6.07, 6.45) is 1.91. The molecule has 8 aromatic carbocycles. The van der Waals surface area contributed by atoms with Crippen LogP contribution >= 0.6 is 0 Å². The molecule has 0 fully saturated rings. The number of fused-ring (bicyclic) bond motifs is 4. The lowest BCUT2D eigenvalue weighted by molar-refractivity contribution is 1.11. The Morgan fingerprint density at radius 1 is 0.397 bits per heavy atom. The Hall–Kier alpha value is -7.82. The Kier molecular flexibility index (Phi) is 8.11. The number of para-hydroxylation sites is 4. The zero-order valence-corrected chi connectivity index (χ0v) is 31.5. The molecule has 0 atom stereocenters. The fraction of sp³-hybridized carbons (Fsp3) is 0. The number of nitrogens with zero attached hydrogens (tertiary/aromatic N) is 3. The highest BCUT2D eigenvalue weighted by molar-refractivity contribution is 6.12. The summed E-state index contributed by atoms with van der Waals surface area (Å²) in [6.45, 7) is 0. The minimum Gasteiger partial charge on any atom is -0.354 e. The zero-order valence-electron chi connectivity index (χ0n) is 31.5. The first-order chi connectivity index (χ1) is 28.8. The largest absolute Gasteiger partial charge is 0.354 e. The predicted molar refractivity (Wildman–Crippen MR) is 241 cm³/mol. The summed E-state index contributed by atoms with van der Waals surface area (Å²) in [4.78, 5) is 14.4. The zero-order chi connectivity index (χ0) is 38.4. The quantitative estimate of drug-likeness (QED) is 0.177. The number of pyridine rings is 1. The molecule has 0 unspecified atom stereocenters. The first-order valence-corrected chi connectivity index (χ1v) is 19.7. The standard InChI is InChI=1S/C54H36N4/c1-4-16-36(17-5-1)39-30-31-55-49(35-39)42-33-40(37-18-6-2-7-19-37)32-41(34-42)44-24-15-29-51-53(44)57-54(47-26-14-25-46-45-23-10-12-27-48(45)56-52(46)47)58(51)50-28-13-11-22-43(50)38-20-8-3-9-21-38/h1-35,56H. The second-order valence-electron chi connectivity index (χ2n) is 14.7. The Morgan fingerprint density at radius 3 is 1.81 bits per heavy atom. The van der Waals surface area contributed by atoms with E-state index in [0.29, 0.717) is 0 Å². The van der Waals surface area contributed by atoms with Gasteiger partial charge in [-0.05, 0) is 88.0 Å². The minimum atomic E-state index is 0.875. The smallest absolute Gasteiger partial charge is 0.147 e. The van der Waals surface area contributed by atoms with E-state index in [-0.39, 0.29) is 0 Å². The van der Waals surface area contributed by atoms with Crippen LogP contribution < -0.4 is 0 Å². The van der Waals surface area contributed by atoms with Crippen LogP contribution in [-0.4, -0.2) is 19.5 Å². The second-order valence-corrected chi connectivity index (χ2v) is 14.7. The molecule has 0 aliphatic carbocycles. The number of hydrogen-bond acceptors (Lipinski definition) is 2. The molecule has 4 heteroatoms. The van der Waals surface area contributed by atoms with Crippen LogP contribution in [-0.2, 0) is 0 Å². The van der Waals surface area contributed by atoms with E-state index in [1.807, 2.05) is 6.20 Å². The van der Waals surface area contributed by atoms with Gasteiger partial charge in [-0.3, -0.25) is 9.55 Å². The van der Waals surface area contributed by atoms with E-state index < -0.39 is 0 Å². The molecule has 0 radical (unpaired) electrons. The Bertz CT molecular complexity index is 3270. The van der Waals surface area contributed by atoms with Crippen molar-refractivity contribution in [2.75, 3.05) is 0 Å². The maximum absolute atomic E-state index is 5.68. The van der Waals surface area contributed by atoms with Crippen molar-refractivity contribution in [2.24, 2.45) is 0 Å². The summed E-state index contributed by atoms with van der Waals surface area (Å²) in [5.41, 5.74) is 17.2. The maximum atomic E-state index is 5.68. The van der Waals surface area contributed by atoms with Crippen molar-refractivity contribution < 1.29 is 0 Å². The molecule has 3 heterocycles. The molecule has 11 rings (SSSR count). The van der Waals surface area contributed by atoms with Gasteiger partial charge in [0.1, 0.15) is 5.82 Å². The van der Waals surface area contributed by atoms with E-state index in [2.05, 4.69) is 216 Å². The SMILES string of the molecule is c1ccc(-c2cc(-c3cc(-c4ccccc4)ccn3)cc(-c3cccc4c3nc(-c3cccc5c3[nH]c3ccccc35)n4-c3ccccc3-c3ccccc3)c2)cc1. The van der Waals surface area contributed by atoms with Crippen LogP contribution in [0.3, 0.4) is 0 Å². The molecule has 1 N–H and O–H groups in total. The van der Waals surface area contributed by atoms with Crippen LogP contribution in [0.4, 0.5) is 0 Å². The predicted octanol–water partition coefficient (Wildman–Crippen LogP) is 14.1. The first-order valence-electron chi connectivity index (χ1n) is 19.7. The van der Waals surface area contributed by atoms with Gasteiger partial charge in [0.25, 0.3) is 0 Å². The average Bonchev–Trinajstić information content (AvgIpc) is 3.89. The lowest BCUT2D eigenvalue weighted by Crippen LogP contribution is -2.00. The summed E-state index contributed by atoms with van der Waals surface area (Å²) < 4.78 is 2.36. The molecule has 0 spiro atoms. The molecule has 0 aliphatic rings. The number of imidazole rings is 1. The molecule has 0 saturated heterocycles. The third kappa shape index (κ3) is 5.78. The van der Waals surface area contributed by atoms with Gasteiger partial charge >= 0.3 is 0 Å². The number of benzene rings is 8. The molecule has 58 heavy (non-hydrogen) atoms. The topological polar surface area (TPSA) is 46.5 Å². The minimum absolute atomic E-state index is 0.875. The van der Waals surface area contributed by atoms with Crippen molar-refractivity contribution in [2.45, 2.75) is 0 Å². The van der Waals surface area contributed by atoms with E-state index >= 15 is 0 Å². The number of aromatic amines is 1. The van der Waals surface area contributed by atoms with Crippen LogP contribution in [0.2, 0.25) is 0 Å². The van der Waals surface area contributed by atoms with Gasteiger partial charge in [0.15, 0.2) is 0 Å². The van der Waals surface area contributed by atoms with Gasteiger partial charge in [0.05, 0.1) is 27.9 Å². The number of hydrogen-bond donors (Lipinski definition) is 1. The van der Waals surface area contributed by atoms with Crippen LogP contribution in [0.15, 0.2) is 212 Å². The van der Waals surface area contributed by atoms with E-state index in [9.17, 15) is 0 Å². The lowest BCUT2D eigenvalue weighted by Gasteiger charge is -2.15. The van der Waals surface area contributed by atoms with Crippen LogP contribution in [0.1, 0.15) is 0 Å². The van der Waals surface area contributed by atoms with Crippen LogP contribution in [0.25, 0.3) is 106 Å². The molecule has 0 saturated carbocycles. The van der Waals surface area contributed by atoms with E-state index in [4.69, 9.17) is 9.97 Å².